The maximum absolute atomic E-state index is 12.8. The number of esters is 1. The lowest BCUT2D eigenvalue weighted by molar-refractivity contribution is -0.950. The summed E-state index contributed by atoms with van der Waals surface area (Å²) in [6.45, 7) is 33.9. The van der Waals surface area contributed by atoms with Crippen molar-refractivity contribution in [1.82, 2.24) is 24.5 Å². The minimum absolute atomic E-state index is 0.0256. The van der Waals surface area contributed by atoms with E-state index in [-0.39, 0.29) is 104 Å². The number of ketones is 3. The summed E-state index contributed by atoms with van der Waals surface area (Å²) in [4.78, 5) is 63.2. The van der Waals surface area contributed by atoms with Crippen molar-refractivity contribution in [3.63, 3.8) is 0 Å². The predicted octanol–water partition coefficient (Wildman–Crippen LogP) is 15.6. The van der Waals surface area contributed by atoms with Crippen LogP contribution in [0.5, 0.6) is 51.7 Å². The number of phenols is 5. The first kappa shape index (κ1) is 103. The molecule has 6 aromatic carbocycles. The van der Waals surface area contributed by atoms with Crippen LogP contribution in [0.4, 0.5) is 0 Å². The Bertz CT molecular complexity index is 6500. The molecular weight excluding hydrogens is 1890 g/mol. The number of carbonyl (C=O) groups excluding carboxylic acids is 4. The summed E-state index contributed by atoms with van der Waals surface area (Å²) >= 11 is 0. The largest absolute Gasteiger partial charge is 0.508 e. The number of rotatable bonds is 16. The molecule has 14 fully saturated rings. The second kappa shape index (κ2) is 35.9. The van der Waals surface area contributed by atoms with Crippen LogP contribution in [0.1, 0.15) is 265 Å². The third-order valence-corrected chi connectivity index (χ3v) is 44.3. The van der Waals surface area contributed by atoms with Gasteiger partial charge in [-0.1, -0.05) is 125 Å². The third kappa shape index (κ3) is 14.4. The van der Waals surface area contributed by atoms with Crippen LogP contribution >= 0.6 is 0 Å². The number of hydrogen-bond acceptors (Lipinski definition) is 24. The van der Waals surface area contributed by atoms with Crippen molar-refractivity contribution < 1.29 is 98.0 Å². The highest BCUT2D eigenvalue weighted by atomic mass is 16.6. The van der Waals surface area contributed by atoms with Crippen LogP contribution in [-0.2, 0) is 93.2 Å². The van der Waals surface area contributed by atoms with Gasteiger partial charge >= 0.3 is 5.97 Å². The predicted molar refractivity (Wildman–Crippen MR) is 570 cm³/mol. The van der Waals surface area contributed by atoms with Gasteiger partial charge in [0.15, 0.2) is 81.7 Å². The molecule has 9 heterocycles. The zero-order valence-corrected chi connectivity index (χ0v) is 90.6. The van der Waals surface area contributed by atoms with E-state index in [0.29, 0.717) is 105 Å². The molecule has 15 aliphatic carbocycles. The minimum atomic E-state index is -1.00. The lowest BCUT2D eigenvalue weighted by Gasteiger charge is -2.75. The molecule has 0 radical (unpaired) electrons. The molecule has 6 aromatic rings. The number of phenolic OH excluding ortho intramolecular Hbond substituents is 5. The zero-order valence-electron chi connectivity index (χ0n) is 90.6. The first-order valence-corrected chi connectivity index (χ1v) is 57.1. The molecule has 9 saturated carbocycles. The average molecular weight is 2050 g/mol. The van der Waals surface area contributed by atoms with Crippen LogP contribution < -0.4 is 18.9 Å². The molecule has 25 nitrogen and oxygen atoms in total. The molecule has 5 unspecified atom stereocenters. The van der Waals surface area contributed by atoms with Crippen molar-refractivity contribution in [2.45, 2.75) is 357 Å². The minimum Gasteiger partial charge on any atom is -0.508 e. The number of benzene rings is 6. The fraction of sp³-hybridized carbons (Fsp3) is 0.632. The van der Waals surface area contributed by atoms with E-state index in [1.807, 2.05) is 108 Å². The van der Waals surface area contributed by atoms with E-state index in [4.69, 9.17) is 28.4 Å². The number of likely N-dealkylation sites (N-methyl/N-ethyl adjacent to an activating group) is 2. The summed E-state index contributed by atoms with van der Waals surface area (Å²) in [6, 6.07) is 32.1. The smallest absolute Gasteiger partial charge is 0.318 e. The molecule has 9 aliphatic heterocycles. The van der Waals surface area contributed by atoms with Gasteiger partial charge in [-0.2, -0.15) is 0 Å². The standard InChI is InChI=1S/C29H41NO4.C21H25NO4.C20H23NO4.C19H21NO4.C19H27NO.C17H23NO2/c1-25(2,3)26(4,32)20-15-27-10-11-29(20,33-5)24-28(27)12-13-30(16-17-6-7-17)21(27)14-18-8-9-19(31)23(34-24)22(18)28;1-22(11-12-2-3-12)9-8-20-17-13-4-5-14(23)18(17)26-19(20)15(24)6-7-21(20,25)16(22)10-13;22-13-4-3-12-9-15-20(24)6-5-14(23)18-19(20,16(12)17(13)25-18)7-8-21(15)10-11-1-2-11;1-2-8-20-9-7-18-15-11-3-4-12(21)16(15)24-17(18)13(22)5-6-19(18,23)14(20)10-11;1-13(2)7-9-20-10-8-19(4)14(3)18(20)11-15-5-6-16(21)12-17(15)19;1-4-20-16(19)17(14-10-6-5-7-11-14)13-9-8-12-15(17)18(2)3/h8-9,17,20-21,24,31-32H,6-7,10-16H2,1-5H3;4-5,12,16,19,25H,2-3,6-11H2,1H3;3-4,11,15,18,22,24H,1-2,5-10H2;2-4,14,17,21,23H,1,5-10H2;5-7,12,14,18,21H,8-11H2,1-4H3;5-8,10-12,15H,4,9,13H2,1-3H3/p+1/t20-,21-,24-,26+,27-,28+,29-;16-,19+,20+,21-,22?;15-,18+,19+,20-;14-,17+,18+,19-;14?,18?,19-;/m11111./s1. The van der Waals surface area contributed by atoms with Crippen molar-refractivity contribution >= 4 is 23.3 Å². The van der Waals surface area contributed by atoms with Gasteiger partial charge in [-0.3, -0.25) is 38.8 Å². The monoisotopic (exact) mass is 2050 g/mol. The van der Waals surface area contributed by atoms with Gasteiger partial charge in [0.1, 0.15) is 34.5 Å². The molecule has 25 atom stereocenters. The molecule has 12 bridgehead atoms. The van der Waals surface area contributed by atoms with E-state index in [0.717, 1.165) is 197 Å². The van der Waals surface area contributed by atoms with Crippen molar-refractivity contribution in [2.24, 2.45) is 40.4 Å². The van der Waals surface area contributed by atoms with Crippen LogP contribution in [0.25, 0.3) is 0 Å². The Morgan fingerprint density at radius 2 is 1.05 bits per heavy atom. The van der Waals surface area contributed by atoms with Crippen molar-refractivity contribution in [2.75, 3.05) is 100 Å². The second-order valence-corrected chi connectivity index (χ2v) is 52.5. The number of methoxy groups -OCH3 is 1. The van der Waals surface area contributed by atoms with Gasteiger partial charge in [-0.15, -0.1) is 6.58 Å². The first-order chi connectivity index (χ1) is 71.5. The number of fused-ring (bicyclic) bond motifs is 6. The summed E-state index contributed by atoms with van der Waals surface area (Å²) in [5, 5.41) is 100.0. The molecule has 5 spiro atoms. The Balaban J connectivity index is 0.0000000967. The van der Waals surface area contributed by atoms with Crippen LogP contribution in [0.3, 0.4) is 0 Å². The molecular formula is C125H161N6O19+. The lowest BCUT2D eigenvalue weighted by Crippen LogP contribution is -2.83. The fourth-order valence-corrected chi connectivity index (χ4v) is 35.9. The molecule has 24 aliphatic rings. The molecule has 804 valence electrons. The van der Waals surface area contributed by atoms with Gasteiger partial charge < -0.3 is 83.8 Å². The Hall–Kier alpha value is -9.22. The Morgan fingerprint density at radius 3 is 1.57 bits per heavy atom. The van der Waals surface area contributed by atoms with Gasteiger partial charge in [0.2, 0.25) is 0 Å². The number of ether oxygens (including phenoxy) is 6. The van der Waals surface area contributed by atoms with E-state index in [1.165, 1.54) is 79.3 Å². The summed E-state index contributed by atoms with van der Waals surface area (Å²) in [5.41, 5.74) is 6.85. The summed E-state index contributed by atoms with van der Waals surface area (Å²) in [6.07, 6.45) is 30.3. The number of nitrogens with zero attached hydrogens (tertiary/aromatic N) is 6. The van der Waals surface area contributed by atoms with Gasteiger partial charge in [-0.05, 0) is 307 Å². The van der Waals surface area contributed by atoms with Gasteiger partial charge in [0.05, 0.1) is 59.8 Å². The number of allylic oxidation sites excluding steroid dienone is 2. The van der Waals surface area contributed by atoms with Crippen LogP contribution in [0.2, 0.25) is 0 Å². The van der Waals surface area contributed by atoms with E-state index in [2.05, 4.69) is 117 Å². The Kier molecular flexibility index (Phi) is 24.6. The van der Waals surface area contributed by atoms with Crippen LogP contribution in [-0.4, -0.2) is 287 Å². The van der Waals surface area contributed by atoms with Gasteiger partial charge in [-0.25, -0.2) is 0 Å². The average Bonchev–Trinajstić information content (AvgIpc) is 1.53. The molecule has 150 heavy (non-hydrogen) atoms. The number of quaternary nitrogens is 1. The summed E-state index contributed by atoms with van der Waals surface area (Å²) in [5.74, 6) is 6.06. The third-order valence-electron chi connectivity index (χ3n) is 44.3. The van der Waals surface area contributed by atoms with Gasteiger partial charge in [0, 0.05) is 147 Å². The second-order valence-electron chi connectivity index (χ2n) is 52.5. The zero-order chi connectivity index (χ0) is 105. The Labute approximate surface area is 884 Å². The van der Waals surface area contributed by atoms with Crippen LogP contribution in [0, 0.1) is 40.4 Å². The fourth-order valence-electron chi connectivity index (χ4n) is 35.9. The maximum Gasteiger partial charge on any atom is 0.318 e. The summed E-state index contributed by atoms with van der Waals surface area (Å²) < 4.78 is 37.9. The molecule has 0 amide bonds. The number of Topliss-reactive ketones (excluding diaryl/α,β-unsaturated/α-hetero) is 3. The number of piperidine rings is 5. The summed E-state index contributed by atoms with van der Waals surface area (Å²) in [7, 11) is 8.16. The van der Waals surface area contributed by atoms with Crippen molar-refractivity contribution in [3.8, 4) is 51.7 Å². The van der Waals surface area contributed by atoms with Crippen molar-refractivity contribution in [3.05, 3.63) is 195 Å². The maximum atomic E-state index is 12.8. The number of aliphatic hydroxyl groups is 4. The highest BCUT2D eigenvalue weighted by Gasteiger charge is 2.84. The molecule has 25 heteroatoms. The number of aromatic hydroxyl groups is 5. The number of carbonyl (C=O) groups is 4. The molecule has 5 saturated heterocycles. The molecule has 0 aromatic heterocycles. The van der Waals surface area contributed by atoms with Crippen molar-refractivity contribution in [1.29, 1.82) is 0 Å². The quantitative estimate of drug-likeness (QED) is 0.0247. The van der Waals surface area contributed by atoms with E-state index < -0.39 is 68.0 Å². The highest BCUT2D eigenvalue weighted by Crippen LogP contribution is 2.79. The SMILES string of the molecule is C=CCN1CC[C@]23c4c5ccc(O)c4O[C@H]2C(=O)CC[C@@]3(O)[C@H]1C5.CC(C)=CCN1CC[C@@]2(C)c3cc(O)ccc3CC1C2C.CCOC(=O)C1(c2ccccc2)CCC=CC1N(C)C.CO[C@]12CC[C@@]3(C[C@@H]1[C@](C)(O)C(C)(C)C)[C@H]1Cc4ccc(O)c5c4[C@@]3(CCN1CC1CC1)[C@H]2O5.C[N+]1(CC2CC2)CC[C@]23c4c5ccc(O)c4O[C@H]2C(=O)CC[C@@]3(O)[C@H]1C5.O=C1CC[C@@]2(O)[C@H]3Cc4ccc(O)c5c4[C@@]2(CCN3CC2CC2)[C@H]1O5. The number of hydrogen-bond donors (Lipinski definition) is 9. The molecule has 30 rings (SSSR count). The highest BCUT2D eigenvalue weighted by molar-refractivity contribution is 5.92. The van der Waals surface area contributed by atoms with Gasteiger partial charge in [0.25, 0.3) is 0 Å². The van der Waals surface area contributed by atoms with E-state index >= 15 is 0 Å². The Morgan fingerprint density at radius 1 is 0.560 bits per heavy atom. The first-order valence-electron chi connectivity index (χ1n) is 57.1. The van der Waals surface area contributed by atoms with E-state index in [9.17, 15) is 65.1 Å². The normalized spacial score (nSPS) is 38.8. The number of likely N-dealkylation sites (tertiary alicyclic amines) is 5. The topological polar surface area (TPSA) is 322 Å². The van der Waals surface area contributed by atoms with E-state index in [1.54, 1.807) is 18.2 Å². The molecule has 9 N–H and O–H groups in total. The lowest BCUT2D eigenvalue weighted by atomic mass is 9.33. The van der Waals surface area contributed by atoms with Crippen LogP contribution in [0.15, 0.2) is 134 Å².